The van der Waals surface area contributed by atoms with Crippen LogP contribution < -0.4 is 5.32 Å². The number of hydrogen-bond acceptors (Lipinski definition) is 4. The molecule has 0 spiro atoms. The number of aromatic nitrogens is 3. The molecule has 1 aliphatic heterocycles. The molecule has 0 aromatic carbocycles. The van der Waals surface area contributed by atoms with E-state index in [0.717, 1.165) is 37.5 Å². The number of fused-ring (bicyclic) bond motifs is 1. The van der Waals surface area contributed by atoms with E-state index in [1.165, 1.54) is 25.7 Å². The summed E-state index contributed by atoms with van der Waals surface area (Å²) in [7, 11) is 0. The Labute approximate surface area is 135 Å². The predicted molar refractivity (Wildman–Crippen MR) is 88.2 cm³/mol. The van der Waals surface area contributed by atoms with Crippen LogP contribution in [0.1, 0.15) is 49.0 Å². The van der Waals surface area contributed by atoms with Gasteiger partial charge in [0.05, 0.1) is 11.8 Å². The van der Waals surface area contributed by atoms with E-state index < -0.39 is 0 Å². The van der Waals surface area contributed by atoms with Crippen LogP contribution in [0.2, 0.25) is 0 Å². The average molecular weight is 313 g/mol. The van der Waals surface area contributed by atoms with Crippen LogP contribution in [0.25, 0.3) is 11.2 Å². The molecule has 0 bridgehead atoms. The van der Waals surface area contributed by atoms with Crippen LogP contribution in [0.15, 0.2) is 18.5 Å². The zero-order valence-electron chi connectivity index (χ0n) is 13.3. The maximum absolute atomic E-state index is 12.4. The molecule has 2 fully saturated rings. The van der Waals surface area contributed by atoms with Gasteiger partial charge in [-0.1, -0.05) is 12.8 Å². The number of hydrogen-bond donors (Lipinski definition) is 2. The fourth-order valence-electron chi connectivity index (χ4n) is 3.89. The van der Waals surface area contributed by atoms with Gasteiger partial charge in [-0.15, -0.1) is 0 Å². The van der Waals surface area contributed by atoms with Crippen molar-refractivity contribution in [3.63, 3.8) is 0 Å². The Morgan fingerprint density at radius 1 is 1.17 bits per heavy atom. The smallest absolute Gasteiger partial charge is 0.270 e. The average Bonchev–Trinajstić information content (AvgIpc) is 3.26. The summed E-state index contributed by atoms with van der Waals surface area (Å²) in [6, 6.07) is 4.66. The number of carbonyl (C=O) groups excluding carboxylic acids is 1. The second-order valence-corrected chi connectivity index (χ2v) is 6.69. The van der Waals surface area contributed by atoms with Gasteiger partial charge in [-0.05, 0) is 37.8 Å². The lowest BCUT2D eigenvalue weighted by molar-refractivity contribution is 0.0888. The first-order valence-corrected chi connectivity index (χ1v) is 8.64. The van der Waals surface area contributed by atoms with E-state index in [0.29, 0.717) is 11.3 Å². The fourth-order valence-corrected chi connectivity index (χ4v) is 3.89. The Kier molecular flexibility index (Phi) is 3.99. The van der Waals surface area contributed by atoms with Gasteiger partial charge in [-0.25, -0.2) is 9.97 Å². The Bertz CT molecular complexity index is 683. The monoisotopic (exact) mass is 313 g/mol. The van der Waals surface area contributed by atoms with E-state index in [2.05, 4.69) is 25.2 Å². The summed E-state index contributed by atoms with van der Waals surface area (Å²) in [6.45, 7) is 2.20. The molecular weight excluding hydrogens is 290 g/mol. The third-order valence-corrected chi connectivity index (χ3v) is 5.22. The van der Waals surface area contributed by atoms with E-state index in [4.69, 9.17) is 0 Å². The quantitative estimate of drug-likeness (QED) is 0.910. The standard InChI is InChI=1S/C17H23N5O/c23-17(15-6-5-14-16(21-15)19-11-18-14)20-12-7-9-22(10-8-12)13-3-1-2-4-13/h5-6,11-13H,1-4,7-10H2,(H,20,23)(H,18,19,21). The van der Waals surface area contributed by atoms with Gasteiger partial charge in [-0.3, -0.25) is 4.79 Å². The maximum atomic E-state index is 12.4. The molecule has 1 saturated carbocycles. The zero-order chi connectivity index (χ0) is 15.6. The summed E-state index contributed by atoms with van der Waals surface area (Å²) >= 11 is 0. The van der Waals surface area contributed by atoms with Crippen molar-refractivity contribution in [2.75, 3.05) is 13.1 Å². The predicted octanol–water partition coefficient (Wildman–Crippen LogP) is 2.09. The largest absolute Gasteiger partial charge is 0.348 e. The molecule has 2 aromatic rings. The molecule has 2 aromatic heterocycles. The molecule has 0 atom stereocenters. The second kappa shape index (κ2) is 6.28. The van der Waals surface area contributed by atoms with Gasteiger partial charge < -0.3 is 15.2 Å². The SMILES string of the molecule is O=C(NC1CCN(C2CCCC2)CC1)c1ccc2[nH]cnc2n1. The molecular formula is C17H23N5O. The van der Waals surface area contributed by atoms with Crippen LogP contribution in [-0.2, 0) is 0 Å². The number of imidazole rings is 1. The first-order valence-electron chi connectivity index (χ1n) is 8.64. The van der Waals surface area contributed by atoms with Crippen LogP contribution in [0.3, 0.4) is 0 Å². The normalized spacial score (nSPS) is 21.0. The van der Waals surface area contributed by atoms with Gasteiger partial charge in [0.1, 0.15) is 5.69 Å². The minimum atomic E-state index is -0.0887. The Morgan fingerprint density at radius 3 is 2.74 bits per heavy atom. The molecule has 3 heterocycles. The van der Waals surface area contributed by atoms with Crippen LogP contribution in [-0.4, -0.2) is 50.9 Å². The molecule has 0 unspecified atom stereocenters. The third-order valence-electron chi connectivity index (χ3n) is 5.22. The number of piperidine rings is 1. The Morgan fingerprint density at radius 2 is 1.96 bits per heavy atom. The Balaban J connectivity index is 1.34. The van der Waals surface area contributed by atoms with Crippen molar-refractivity contribution in [1.82, 2.24) is 25.2 Å². The van der Waals surface area contributed by atoms with Crippen molar-refractivity contribution >= 4 is 17.1 Å². The topological polar surface area (TPSA) is 73.9 Å². The first kappa shape index (κ1) is 14.6. The van der Waals surface area contributed by atoms with Crippen molar-refractivity contribution in [2.24, 2.45) is 0 Å². The van der Waals surface area contributed by atoms with Crippen molar-refractivity contribution in [3.05, 3.63) is 24.2 Å². The van der Waals surface area contributed by atoms with Gasteiger partial charge in [0, 0.05) is 25.2 Å². The molecule has 4 rings (SSSR count). The molecule has 1 saturated heterocycles. The number of amides is 1. The lowest BCUT2D eigenvalue weighted by atomic mass is 10.0. The van der Waals surface area contributed by atoms with E-state index in [9.17, 15) is 4.79 Å². The van der Waals surface area contributed by atoms with Crippen LogP contribution in [0.4, 0.5) is 0 Å². The minimum Gasteiger partial charge on any atom is -0.348 e. The fraction of sp³-hybridized carbons (Fsp3) is 0.588. The van der Waals surface area contributed by atoms with Gasteiger partial charge in [0.25, 0.3) is 5.91 Å². The van der Waals surface area contributed by atoms with E-state index in [1.807, 2.05) is 6.07 Å². The summed E-state index contributed by atoms with van der Waals surface area (Å²) in [5.74, 6) is -0.0887. The number of nitrogens with one attached hydrogen (secondary N) is 2. The Hall–Kier alpha value is -1.95. The second-order valence-electron chi connectivity index (χ2n) is 6.69. The number of nitrogens with zero attached hydrogens (tertiary/aromatic N) is 3. The van der Waals surface area contributed by atoms with E-state index in [-0.39, 0.29) is 11.9 Å². The molecule has 1 aliphatic carbocycles. The summed E-state index contributed by atoms with van der Waals surface area (Å²) < 4.78 is 0. The summed E-state index contributed by atoms with van der Waals surface area (Å²) in [5.41, 5.74) is 1.89. The third kappa shape index (κ3) is 3.08. The minimum absolute atomic E-state index is 0.0887. The van der Waals surface area contributed by atoms with Crippen molar-refractivity contribution in [2.45, 2.75) is 50.6 Å². The van der Waals surface area contributed by atoms with Gasteiger partial charge in [-0.2, -0.15) is 0 Å². The summed E-state index contributed by atoms with van der Waals surface area (Å²) in [6.07, 6.45) is 9.12. The van der Waals surface area contributed by atoms with Gasteiger partial charge >= 0.3 is 0 Å². The molecule has 2 N–H and O–H groups in total. The lowest BCUT2D eigenvalue weighted by Gasteiger charge is -2.36. The molecule has 6 nitrogen and oxygen atoms in total. The number of carbonyl (C=O) groups is 1. The number of likely N-dealkylation sites (tertiary alicyclic amines) is 1. The van der Waals surface area contributed by atoms with Gasteiger partial charge in [0.15, 0.2) is 5.65 Å². The van der Waals surface area contributed by atoms with E-state index in [1.54, 1.807) is 12.4 Å². The van der Waals surface area contributed by atoms with Crippen molar-refractivity contribution in [3.8, 4) is 0 Å². The zero-order valence-corrected chi connectivity index (χ0v) is 13.3. The summed E-state index contributed by atoms with van der Waals surface area (Å²) in [4.78, 5) is 26.4. The van der Waals surface area contributed by atoms with Crippen LogP contribution in [0, 0.1) is 0 Å². The van der Waals surface area contributed by atoms with Crippen LogP contribution in [0.5, 0.6) is 0 Å². The lowest BCUT2D eigenvalue weighted by Crippen LogP contribution is -2.47. The molecule has 122 valence electrons. The molecule has 2 aliphatic rings. The van der Waals surface area contributed by atoms with Crippen LogP contribution >= 0.6 is 0 Å². The van der Waals surface area contributed by atoms with Crippen molar-refractivity contribution in [1.29, 1.82) is 0 Å². The number of pyridine rings is 1. The van der Waals surface area contributed by atoms with Crippen molar-refractivity contribution < 1.29 is 4.79 Å². The highest BCUT2D eigenvalue weighted by Crippen LogP contribution is 2.26. The highest BCUT2D eigenvalue weighted by atomic mass is 16.1. The molecule has 0 radical (unpaired) electrons. The number of H-pyrrole nitrogens is 1. The number of aromatic amines is 1. The molecule has 23 heavy (non-hydrogen) atoms. The number of rotatable bonds is 3. The highest BCUT2D eigenvalue weighted by molar-refractivity contribution is 5.94. The first-order chi connectivity index (χ1) is 11.3. The van der Waals surface area contributed by atoms with Gasteiger partial charge in [0.2, 0.25) is 0 Å². The summed E-state index contributed by atoms with van der Waals surface area (Å²) in [5, 5.41) is 3.14. The molecule has 1 amide bonds. The maximum Gasteiger partial charge on any atom is 0.270 e. The molecule has 6 heteroatoms. The van der Waals surface area contributed by atoms with E-state index >= 15 is 0 Å². The highest BCUT2D eigenvalue weighted by Gasteiger charge is 2.27.